The Morgan fingerprint density at radius 1 is 1.27 bits per heavy atom. The van der Waals surface area contributed by atoms with Gasteiger partial charge in [-0.2, -0.15) is 9.89 Å². The van der Waals surface area contributed by atoms with E-state index in [2.05, 4.69) is 30.6 Å². The number of hydrogen-bond donors (Lipinski definition) is 3. The standard InChI is InChI=1S/C14H14N8/c15-22-9-10(6-19-22)12-7-18-14-11(2-1-5-21(12)14)20-13-8-16-3-4-17-13/h1-9,14,18H,15H2,(H,17,20). The second kappa shape index (κ2) is 4.92. The number of anilines is 1. The van der Waals surface area contributed by atoms with Gasteiger partial charge in [-0.1, -0.05) is 0 Å². The average Bonchev–Trinajstić information content (AvgIpc) is 3.15. The lowest BCUT2D eigenvalue weighted by Gasteiger charge is -2.30. The van der Waals surface area contributed by atoms with Crippen LogP contribution in [0, 0.1) is 0 Å². The first-order valence-corrected chi connectivity index (χ1v) is 6.77. The average molecular weight is 294 g/mol. The highest BCUT2D eigenvalue weighted by Gasteiger charge is 2.30. The van der Waals surface area contributed by atoms with Crippen molar-refractivity contribution in [2.45, 2.75) is 6.17 Å². The van der Waals surface area contributed by atoms with Gasteiger partial charge in [-0.15, -0.1) is 0 Å². The maximum absolute atomic E-state index is 5.63. The van der Waals surface area contributed by atoms with Crippen LogP contribution in [0.15, 0.2) is 61.2 Å². The normalized spacial score (nSPS) is 19.3. The van der Waals surface area contributed by atoms with Crippen molar-refractivity contribution in [3.8, 4) is 0 Å². The van der Waals surface area contributed by atoms with Gasteiger partial charge in [-0.25, -0.2) is 4.98 Å². The minimum absolute atomic E-state index is 0.0249. The molecule has 8 heteroatoms. The van der Waals surface area contributed by atoms with Gasteiger partial charge in [0.1, 0.15) is 12.0 Å². The van der Waals surface area contributed by atoms with Crippen LogP contribution in [0.25, 0.3) is 5.70 Å². The van der Waals surface area contributed by atoms with E-state index in [-0.39, 0.29) is 6.17 Å². The summed E-state index contributed by atoms with van der Waals surface area (Å²) in [7, 11) is 0. The van der Waals surface area contributed by atoms with Gasteiger partial charge >= 0.3 is 0 Å². The predicted octanol–water partition coefficient (Wildman–Crippen LogP) is 0.440. The van der Waals surface area contributed by atoms with E-state index in [1.54, 1.807) is 31.0 Å². The molecule has 2 aromatic heterocycles. The summed E-state index contributed by atoms with van der Waals surface area (Å²) in [6.07, 6.45) is 16.4. The fourth-order valence-electron chi connectivity index (χ4n) is 2.51. The Balaban J connectivity index is 1.57. The van der Waals surface area contributed by atoms with Crippen molar-refractivity contribution in [3.05, 3.63) is 66.8 Å². The van der Waals surface area contributed by atoms with E-state index in [4.69, 9.17) is 5.84 Å². The van der Waals surface area contributed by atoms with E-state index in [0.717, 1.165) is 17.0 Å². The van der Waals surface area contributed by atoms with E-state index < -0.39 is 0 Å². The lowest BCUT2D eigenvalue weighted by molar-refractivity contribution is 0.423. The van der Waals surface area contributed by atoms with Crippen LogP contribution in [0.5, 0.6) is 0 Å². The van der Waals surface area contributed by atoms with E-state index >= 15 is 0 Å². The Bertz CT molecular complexity index is 773. The number of nitrogen functional groups attached to an aromatic ring is 1. The zero-order valence-corrected chi connectivity index (χ0v) is 11.6. The molecule has 1 atom stereocenters. The molecule has 2 aromatic rings. The highest BCUT2D eigenvalue weighted by Crippen LogP contribution is 2.30. The van der Waals surface area contributed by atoms with E-state index in [0.29, 0.717) is 5.82 Å². The molecule has 0 radical (unpaired) electrons. The van der Waals surface area contributed by atoms with Crippen LogP contribution >= 0.6 is 0 Å². The van der Waals surface area contributed by atoms with Gasteiger partial charge < -0.3 is 21.4 Å². The minimum Gasteiger partial charge on any atom is -0.364 e. The molecule has 4 rings (SSSR count). The smallest absolute Gasteiger partial charge is 0.148 e. The Labute approximate surface area is 126 Å². The lowest BCUT2D eigenvalue weighted by atomic mass is 10.2. The van der Waals surface area contributed by atoms with Crippen molar-refractivity contribution >= 4 is 11.5 Å². The summed E-state index contributed by atoms with van der Waals surface area (Å²) >= 11 is 0. The van der Waals surface area contributed by atoms with Gasteiger partial charge in [0.05, 0.1) is 30.0 Å². The number of aromatic nitrogens is 4. The molecular weight excluding hydrogens is 280 g/mol. The first-order valence-electron chi connectivity index (χ1n) is 6.77. The molecule has 0 aromatic carbocycles. The van der Waals surface area contributed by atoms with Gasteiger partial charge in [0.25, 0.3) is 0 Å². The molecule has 2 aliphatic rings. The number of nitrogens with one attached hydrogen (secondary N) is 2. The number of hydrogen-bond acceptors (Lipinski definition) is 7. The molecule has 0 amide bonds. The maximum Gasteiger partial charge on any atom is 0.148 e. The minimum atomic E-state index is -0.0249. The van der Waals surface area contributed by atoms with Crippen molar-refractivity contribution < 1.29 is 0 Å². The lowest BCUT2D eigenvalue weighted by Crippen LogP contribution is -2.39. The Hall–Kier alpha value is -3.29. The Morgan fingerprint density at radius 2 is 2.23 bits per heavy atom. The third-order valence-electron chi connectivity index (χ3n) is 3.48. The van der Waals surface area contributed by atoms with Gasteiger partial charge in [0.15, 0.2) is 0 Å². The molecule has 4 heterocycles. The topological polar surface area (TPSA) is 96.9 Å². The van der Waals surface area contributed by atoms with Crippen LogP contribution in [0.1, 0.15) is 5.56 Å². The van der Waals surface area contributed by atoms with E-state index in [1.165, 1.54) is 4.79 Å². The molecular formula is C14H14N8. The SMILES string of the molecule is Nn1cc(C2=CNC3C(Nc4cnccn4)=CC=CN23)cn1. The van der Waals surface area contributed by atoms with Crippen molar-refractivity contribution in [1.82, 2.24) is 30.1 Å². The van der Waals surface area contributed by atoms with Crippen molar-refractivity contribution in [2.75, 3.05) is 11.2 Å². The zero-order chi connectivity index (χ0) is 14.9. The van der Waals surface area contributed by atoms with Crippen molar-refractivity contribution in [3.63, 3.8) is 0 Å². The van der Waals surface area contributed by atoms with Crippen molar-refractivity contribution in [1.29, 1.82) is 0 Å². The highest BCUT2D eigenvalue weighted by molar-refractivity contribution is 5.67. The van der Waals surface area contributed by atoms with Crippen LogP contribution in [0.3, 0.4) is 0 Å². The molecule has 0 bridgehead atoms. The van der Waals surface area contributed by atoms with Crippen LogP contribution in [-0.2, 0) is 0 Å². The summed E-state index contributed by atoms with van der Waals surface area (Å²) in [6, 6.07) is 0. The predicted molar refractivity (Wildman–Crippen MR) is 82.0 cm³/mol. The molecule has 110 valence electrons. The fourth-order valence-corrected chi connectivity index (χ4v) is 2.51. The molecule has 0 saturated heterocycles. The van der Waals surface area contributed by atoms with Gasteiger partial charge in [0, 0.05) is 30.4 Å². The summed E-state index contributed by atoms with van der Waals surface area (Å²) < 4.78 is 0. The fraction of sp³-hybridized carbons (Fsp3) is 0.0714. The largest absolute Gasteiger partial charge is 0.364 e. The molecule has 0 aliphatic carbocycles. The molecule has 2 aliphatic heterocycles. The van der Waals surface area contributed by atoms with E-state index in [9.17, 15) is 0 Å². The summed E-state index contributed by atoms with van der Waals surface area (Å²) in [5.74, 6) is 6.33. The monoisotopic (exact) mass is 294 g/mol. The molecule has 1 unspecified atom stereocenters. The van der Waals surface area contributed by atoms with Crippen LogP contribution in [0.2, 0.25) is 0 Å². The third-order valence-corrected chi connectivity index (χ3v) is 3.48. The molecule has 0 saturated carbocycles. The first kappa shape index (κ1) is 12.5. The van der Waals surface area contributed by atoms with Gasteiger partial charge in [-0.05, 0) is 12.2 Å². The number of fused-ring (bicyclic) bond motifs is 1. The Kier molecular flexibility index (Phi) is 2.78. The van der Waals surface area contributed by atoms with E-state index in [1.807, 2.05) is 24.6 Å². The summed E-state index contributed by atoms with van der Waals surface area (Å²) in [5, 5.41) is 10.6. The van der Waals surface area contributed by atoms with Crippen LogP contribution in [0.4, 0.5) is 5.82 Å². The first-order chi connectivity index (χ1) is 10.8. The third kappa shape index (κ3) is 2.06. The van der Waals surface area contributed by atoms with Crippen LogP contribution in [-0.4, -0.2) is 30.9 Å². The van der Waals surface area contributed by atoms with Gasteiger partial charge in [0.2, 0.25) is 0 Å². The summed E-state index contributed by atoms with van der Waals surface area (Å²) in [5.41, 5.74) is 2.93. The molecule has 0 fully saturated rings. The number of nitrogens with two attached hydrogens (primary N) is 1. The molecule has 8 nitrogen and oxygen atoms in total. The molecule has 4 N–H and O–H groups in total. The highest BCUT2D eigenvalue weighted by atomic mass is 15.5. The second-order valence-electron chi connectivity index (χ2n) is 4.89. The summed E-state index contributed by atoms with van der Waals surface area (Å²) in [4.78, 5) is 11.7. The number of rotatable bonds is 3. The van der Waals surface area contributed by atoms with Crippen molar-refractivity contribution in [2.24, 2.45) is 0 Å². The van der Waals surface area contributed by atoms with Gasteiger partial charge in [-0.3, -0.25) is 4.98 Å². The maximum atomic E-state index is 5.63. The zero-order valence-electron chi connectivity index (χ0n) is 11.6. The Morgan fingerprint density at radius 3 is 3.00 bits per heavy atom. The van der Waals surface area contributed by atoms with Crippen LogP contribution < -0.4 is 16.5 Å². The number of allylic oxidation sites excluding steroid dienone is 2. The second-order valence-corrected chi connectivity index (χ2v) is 4.89. The quantitative estimate of drug-likeness (QED) is 0.707. The number of nitrogens with zero attached hydrogens (tertiary/aromatic N) is 5. The summed E-state index contributed by atoms with van der Waals surface area (Å²) in [6.45, 7) is 0. The molecule has 22 heavy (non-hydrogen) atoms. The molecule has 0 spiro atoms.